The minimum absolute atomic E-state index is 0.150. The Labute approximate surface area is 138 Å². The molecule has 6 nitrogen and oxygen atoms in total. The predicted molar refractivity (Wildman–Crippen MR) is 89.3 cm³/mol. The lowest BCUT2D eigenvalue weighted by Gasteiger charge is -2.10. The number of carbonyl (C=O) groups excluding carboxylic acids is 2. The molecule has 0 spiro atoms. The van der Waals surface area contributed by atoms with Gasteiger partial charge in [0, 0.05) is 18.2 Å². The van der Waals surface area contributed by atoms with Crippen LogP contribution < -0.4 is 10.6 Å². The van der Waals surface area contributed by atoms with E-state index < -0.39 is 0 Å². The van der Waals surface area contributed by atoms with Gasteiger partial charge in [0.2, 0.25) is 5.91 Å². The van der Waals surface area contributed by atoms with Crippen LogP contribution in [0.3, 0.4) is 0 Å². The van der Waals surface area contributed by atoms with Crippen molar-refractivity contribution in [3.63, 3.8) is 0 Å². The molecule has 2 aromatic heterocycles. The van der Waals surface area contributed by atoms with Crippen molar-refractivity contribution in [3.05, 3.63) is 29.3 Å². The number of anilines is 1. The first-order valence-electron chi connectivity index (χ1n) is 7.59. The quantitative estimate of drug-likeness (QED) is 0.883. The van der Waals surface area contributed by atoms with Gasteiger partial charge in [0.1, 0.15) is 10.6 Å². The molecule has 0 atom stereocenters. The Bertz CT molecular complexity index is 723. The second-order valence-corrected chi connectivity index (χ2v) is 6.62. The number of hydrogen-bond acceptors (Lipinski definition) is 5. The van der Waals surface area contributed by atoms with E-state index in [9.17, 15) is 9.59 Å². The lowest BCUT2D eigenvalue weighted by molar-refractivity contribution is -0.118. The summed E-state index contributed by atoms with van der Waals surface area (Å²) in [7, 11) is 0. The molecular weight excluding hydrogens is 312 g/mol. The van der Waals surface area contributed by atoms with Crippen molar-refractivity contribution >= 4 is 29.0 Å². The molecule has 0 bridgehead atoms. The average Bonchev–Trinajstić information content (AvgIpc) is 3.25. The van der Waals surface area contributed by atoms with Crippen LogP contribution in [0.5, 0.6) is 0 Å². The molecule has 1 fully saturated rings. The molecule has 0 saturated heterocycles. The Morgan fingerprint density at radius 2 is 2.09 bits per heavy atom. The van der Waals surface area contributed by atoms with Crippen molar-refractivity contribution in [3.8, 4) is 11.4 Å². The number of nitrogens with zero attached hydrogens (tertiary/aromatic N) is 2. The van der Waals surface area contributed by atoms with Crippen LogP contribution in [-0.4, -0.2) is 27.2 Å². The topological polar surface area (TPSA) is 84.0 Å². The molecule has 1 aliphatic rings. The third-order valence-corrected chi connectivity index (χ3v) is 4.34. The van der Waals surface area contributed by atoms with Gasteiger partial charge in [0.15, 0.2) is 0 Å². The van der Waals surface area contributed by atoms with E-state index >= 15 is 0 Å². The van der Waals surface area contributed by atoms with Gasteiger partial charge in [-0.2, -0.15) is 4.37 Å². The molecule has 7 heteroatoms. The third-order valence-electron chi connectivity index (χ3n) is 3.49. The highest BCUT2D eigenvalue weighted by molar-refractivity contribution is 7.09. The fourth-order valence-corrected chi connectivity index (χ4v) is 2.73. The summed E-state index contributed by atoms with van der Waals surface area (Å²) in [6, 6.07) is 5.71. The van der Waals surface area contributed by atoms with Gasteiger partial charge in [0.05, 0.1) is 11.4 Å². The second kappa shape index (κ2) is 6.45. The molecule has 0 radical (unpaired) electrons. The van der Waals surface area contributed by atoms with Crippen molar-refractivity contribution in [2.24, 2.45) is 5.92 Å². The highest BCUT2D eigenvalue weighted by atomic mass is 32.1. The standard InChI is InChI=1S/C16H18N4O2S/c1-9(2)15(21)19-13-12(11-5-3-4-8-17-11)20-23-14(13)16(22)18-10-6-7-10/h3-5,8-10H,6-7H2,1-2H3,(H,18,22)(H,19,21). The van der Waals surface area contributed by atoms with Gasteiger partial charge in [-0.15, -0.1) is 0 Å². The molecule has 3 rings (SSSR count). The van der Waals surface area contributed by atoms with Crippen LogP contribution in [-0.2, 0) is 4.79 Å². The van der Waals surface area contributed by atoms with Gasteiger partial charge >= 0.3 is 0 Å². The molecule has 0 aliphatic heterocycles. The van der Waals surface area contributed by atoms with Crippen LogP contribution in [0, 0.1) is 5.92 Å². The Morgan fingerprint density at radius 1 is 1.30 bits per heavy atom. The van der Waals surface area contributed by atoms with Crippen LogP contribution in [0.4, 0.5) is 5.69 Å². The molecule has 0 unspecified atom stereocenters. The Kier molecular flexibility index (Phi) is 4.38. The number of amides is 2. The molecule has 2 N–H and O–H groups in total. The fraction of sp³-hybridized carbons (Fsp3) is 0.375. The zero-order chi connectivity index (χ0) is 16.4. The summed E-state index contributed by atoms with van der Waals surface area (Å²) in [6.45, 7) is 3.61. The van der Waals surface area contributed by atoms with E-state index in [1.165, 1.54) is 0 Å². The summed E-state index contributed by atoms with van der Waals surface area (Å²) in [6.07, 6.45) is 3.67. The summed E-state index contributed by atoms with van der Waals surface area (Å²) in [4.78, 5) is 29.2. The maximum absolute atomic E-state index is 12.4. The maximum Gasteiger partial charge on any atom is 0.265 e. The van der Waals surface area contributed by atoms with Crippen molar-refractivity contribution in [2.75, 3.05) is 5.32 Å². The van der Waals surface area contributed by atoms with E-state index in [0.717, 1.165) is 24.4 Å². The normalized spacial score (nSPS) is 13.9. The molecule has 23 heavy (non-hydrogen) atoms. The van der Waals surface area contributed by atoms with Gasteiger partial charge < -0.3 is 10.6 Å². The van der Waals surface area contributed by atoms with Gasteiger partial charge in [-0.05, 0) is 36.5 Å². The highest BCUT2D eigenvalue weighted by Gasteiger charge is 2.28. The van der Waals surface area contributed by atoms with Crippen LogP contribution in [0.25, 0.3) is 11.4 Å². The average molecular weight is 330 g/mol. The summed E-state index contributed by atoms with van der Waals surface area (Å²) in [5, 5.41) is 5.78. The second-order valence-electron chi connectivity index (χ2n) is 5.84. The molecule has 2 amide bonds. The minimum Gasteiger partial charge on any atom is -0.348 e. The first-order valence-corrected chi connectivity index (χ1v) is 8.36. The smallest absolute Gasteiger partial charge is 0.265 e. The van der Waals surface area contributed by atoms with Crippen LogP contribution in [0.15, 0.2) is 24.4 Å². The number of hydrogen-bond donors (Lipinski definition) is 2. The zero-order valence-electron chi connectivity index (χ0n) is 13.0. The largest absolute Gasteiger partial charge is 0.348 e. The summed E-state index contributed by atoms with van der Waals surface area (Å²) in [5.41, 5.74) is 1.62. The lowest BCUT2D eigenvalue weighted by atomic mass is 10.1. The summed E-state index contributed by atoms with van der Waals surface area (Å²) in [5.74, 6) is -0.528. The SMILES string of the molecule is CC(C)C(=O)Nc1c(-c2ccccn2)nsc1C(=O)NC1CC1. The van der Waals surface area contributed by atoms with E-state index in [1.54, 1.807) is 20.0 Å². The number of aromatic nitrogens is 2. The fourth-order valence-electron chi connectivity index (χ4n) is 1.98. The lowest BCUT2D eigenvalue weighted by Crippen LogP contribution is -2.26. The highest BCUT2D eigenvalue weighted by Crippen LogP contribution is 2.33. The van der Waals surface area contributed by atoms with E-state index in [0.29, 0.717) is 22.0 Å². The third kappa shape index (κ3) is 3.56. The van der Waals surface area contributed by atoms with E-state index in [1.807, 2.05) is 18.2 Å². The first-order chi connectivity index (χ1) is 11.1. The monoisotopic (exact) mass is 330 g/mol. The van der Waals surface area contributed by atoms with E-state index in [4.69, 9.17) is 0 Å². The molecule has 120 valence electrons. The van der Waals surface area contributed by atoms with Crippen molar-refractivity contribution < 1.29 is 9.59 Å². The van der Waals surface area contributed by atoms with Gasteiger partial charge in [0.25, 0.3) is 5.91 Å². The molecular formula is C16H18N4O2S. The van der Waals surface area contributed by atoms with Crippen molar-refractivity contribution in [1.82, 2.24) is 14.7 Å². The Hall–Kier alpha value is -2.28. The molecule has 0 aromatic carbocycles. The molecule has 2 heterocycles. The number of nitrogens with one attached hydrogen (secondary N) is 2. The minimum atomic E-state index is -0.189. The predicted octanol–water partition coefficient (Wildman–Crippen LogP) is 2.69. The maximum atomic E-state index is 12.4. The number of carbonyl (C=O) groups is 2. The number of rotatable bonds is 5. The van der Waals surface area contributed by atoms with E-state index in [-0.39, 0.29) is 23.8 Å². The summed E-state index contributed by atoms with van der Waals surface area (Å²) >= 11 is 1.09. The van der Waals surface area contributed by atoms with Crippen molar-refractivity contribution in [2.45, 2.75) is 32.7 Å². The van der Waals surface area contributed by atoms with Crippen LogP contribution >= 0.6 is 11.5 Å². The first kappa shape index (κ1) is 15.6. The van der Waals surface area contributed by atoms with Gasteiger partial charge in [-0.1, -0.05) is 19.9 Å². The van der Waals surface area contributed by atoms with Crippen LogP contribution in [0.2, 0.25) is 0 Å². The van der Waals surface area contributed by atoms with E-state index in [2.05, 4.69) is 20.0 Å². The molecule has 2 aromatic rings. The van der Waals surface area contributed by atoms with Gasteiger partial charge in [-0.3, -0.25) is 14.6 Å². The Balaban J connectivity index is 1.97. The molecule has 1 aliphatic carbocycles. The Morgan fingerprint density at radius 3 is 2.70 bits per heavy atom. The van der Waals surface area contributed by atoms with Crippen molar-refractivity contribution in [1.29, 1.82) is 0 Å². The number of pyridine rings is 1. The van der Waals surface area contributed by atoms with Crippen LogP contribution in [0.1, 0.15) is 36.4 Å². The molecule has 1 saturated carbocycles. The zero-order valence-corrected chi connectivity index (χ0v) is 13.8. The van der Waals surface area contributed by atoms with Gasteiger partial charge in [-0.25, -0.2) is 0 Å². The summed E-state index contributed by atoms with van der Waals surface area (Å²) < 4.78 is 4.35.